The Hall–Kier alpha value is -4.03. The third-order valence-corrected chi connectivity index (χ3v) is 8.61. The smallest absolute Gasteiger partial charge is 0.416 e. The van der Waals surface area contributed by atoms with Gasteiger partial charge in [0.15, 0.2) is 5.78 Å². The Morgan fingerprint density at radius 3 is 2.30 bits per heavy atom. The molecule has 43 heavy (non-hydrogen) atoms. The maximum atomic E-state index is 13.9. The summed E-state index contributed by atoms with van der Waals surface area (Å²) in [6.07, 6.45) is -3.78. The van der Waals surface area contributed by atoms with Gasteiger partial charge in [-0.1, -0.05) is 41.9 Å². The zero-order chi connectivity index (χ0) is 31.3. The molecule has 2 N–H and O–H groups in total. The molecule has 5 nitrogen and oxygen atoms in total. The quantitative estimate of drug-likeness (QED) is 0.299. The van der Waals surface area contributed by atoms with Gasteiger partial charge in [0, 0.05) is 27.9 Å². The Balaban J connectivity index is 1.64. The van der Waals surface area contributed by atoms with Crippen molar-refractivity contribution in [3.05, 3.63) is 116 Å². The lowest BCUT2D eigenvalue weighted by atomic mass is 9.68. The molecule has 5 rings (SSSR count). The SMILES string of the molecule is Cc1cc(C)c(C2C(C#N)=C(N)N(c3ccc(C(F)(F)F)cc3)C3=C2C(=O)CC(C)(C)C3)cc1COc1ccc(Br)cc1. The fourth-order valence-corrected chi connectivity index (χ4v) is 6.25. The van der Waals surface area contributed by atoms with Crippen molar-refractivity contribution in [3.8, 4) is 11.8 Å². The number of anilines is 1. The van der Waals surface area contributed by atoms with Crippen molar-refractivity contribution in [2.75, 3.05) is 4.90 Å². The molecular formula is C34H31BrF3N3O2. The van der Waals surface area contributed by atoms with Crippen molar-refractivity contribution in [1.29, 1.82) is 5.26 Å². The number of hydrogen-bond donors (Lipinski definition) is 1. The molecule has 0 bridgehead atoms. The summed E-state index contributed by atoms with van der Waals surface area (Å²) in [5, 5.41) is 10.5. The first-order valence-corrected chi connectivity index (χ1v) is 14.6. The first kappa shape index (κ1) is 30.4. The highest BCUT2D eigenvalue weighted by Crippen LogP contribution is 2.51. The van der Waals surface area contributed by atoms with Crippen molar-refractivity contribution in [2.24, 2.45) is 11.1 Å². The standard InChI is InChI=1S/C34H31BrF3N3O2/c1-19-13-20(2)26(14-21(19)18-43-25-11-7-23(35)8-12-25)30-27(17-39)32(40)41(24-9-5-22(6-10-24)34(36,37)38)28-15-33(3,4)16-29(42)31(28)30/h5-14,30H,15-16,18,40H2,1-4H3. The number of halogens is 4. The van der Waals surface area contributed by atoms with Crippen LogP contribution in [0.2, 0.25) is 0 Å². The number of nitrogens with zero attached hydrogens (tertiary/aromatic N) is 2. The molecule has 0 saturated heterocycles. The van der Waals surface area contributed by atoms with Crippen LogP contribution in [0.25, 0.3) is 0 Å². The maximum absolute atomic E-state index is 13.9. The number of ketones is 1. The van der Waals surface area contributed by atoms with E-state index in [4.69, 9.17) is 10.5 Å². The molecule has 0 amide bonds. The summed E-state index contributed by atoms with van der Waals surface area (Å²) in [5.74, 6) is -0.0300. The second-order valence-corrected chi connectivity index (χ2v) is 12.8. The van der Waals surface area contributed by atoms with E-state index in [9.17, 15) is 23.2 Å². The van der Waals surface area contributed by atoms with Gasteiger partial charge in [-0.15, -0.1) is 0 Å². The lowest BCUT2D eigenvalue weighted by Crippen LogP contribution is -2.42. The zero-order valence-electron chi connectivity index (χ0n) is 24.3. The van der Waals surface area contributed by atoms with Crippen molar-refractivity contribution in [2.45, 2.75) is 59.2 Å². The third kappa shape index (κ3) is 5.94. The van der Waals surface area contributed by atoms with Crippen LogP contribution in [-0.4, -0.2) is 5.78 Å². The number of benzene rings is 3. The van der Waals surface area contributed by atoms with E-state index in [1.807, 2.05) is 64.1 Å². The summed E-state index contributed by atoms with van der Waals surface area (Å²) in [4.78, 5) is 15.5. The second-order valence-electron chi connectivity index (χ2n) is 11.9. The van der Waals surface area contributed by atoms with Crippen molar-refractivity contribution < 1.29 is 22.7 Å². The first-order chi connectivity index (χ1) is 20.2. The van der Waals surface area contributed by atoms with Crippen LogP contribution in [0.5, 0.6) is 5.75 Å². The molecule has 0 aromatic heterocycles. The average molecular weight is 651 g/mol. The Morgan fingerprint density at radius 2 is 1.70 bits per heavy atom. The molecule has 1 heterocycles. The number of ether oxygens (including phenoxy) is 1. The largest absolute Gasteiger partial charge is 0.489 e. The molecule has 0 spiro atoms. The number of allylic oxidation sites excluding steroid dienone is 3. The Bertz CT molecular complexity index is 1700. The van der Waals surface area contributed by atoms with E-state index in [-0.39, 0.29) is 30.2 Å². The number of carbonyl (C=O) groups excluding carboxylic acids is 1. The van der Waals surface area contributed by atoms with Gasteiger partial charge in [0.05, 0.1) is 23.1 Å². The molecule has 1 aliphatic carbocycles. The molecule has 3 aromatic carbocycles. The predicted octanol–water partition coefficient (Wildman–Crippen LogP) is 8.60. The fraction of sp³-hybridized carbons (Fsp3) is 0.294. The highest BCUT2D eigenvalue weighted by Gasteiger charge is 2.45. The van der Waals surface area contributed by atoms with Gasteiger partial charge in [0.2, 0.25) is 0 Å². The molecule has 2 aliphatic rings. The highest BCUT2D eigenvalue weighted by molar-refractivity contribution is 9.10. The number of alkyl halides is 3. The van der Waals surface area contributed by atoms with Gasteiger partial charge in [-0.3, -0.25) is 9.69 Å². The van der Waals surface area contributed by atoms with Crippen LogP contribution >= 0.6 is 15.9 Å². The molecule has 0 radical (unpaired) electrons. The predicted molar refractivity (Wildman–Crippen MR) is 163 cm³/mol. The summed E-state index contributed by atoms with van der Waals surface area (Å²) in [7, 11) is 0. The number of rotatable bonds is 5. The number of hydrogen-bond acceptors (Lipinski definition) is 5. The minimum atomic E-state index is -4.50. The van der Waals surface area contributed by atoms with Crippen LogP contribution in [0.1, 0.15) is 60.4 Å². The van der Waals surface area contributed by atoms with E-state index in [2.05, 4.69) is 22.0 Å². The van der Waals surface area contributed by atoms with E-state index >= 15 is 0 Å². The molecule has 1 atom stereocenters. The van der Waals surface area contributed by atoms with E-state index in [1.54, 1.807) is 4.90 Å². The minimum absolute atomic E-state index is 0.101. The summed E-state index contributed by atoms with van der Waals surface area (Å²) < 4.78 is 47.0. The molecule has 0 saturated carbocycles. The van der Waals surface area contributed by atoms with Crippen molar-refractivity contribution in [1.82, 2.24) is 0 Å². The summed E-state index contributed by atoms with van der Waals surface area (Å²) >= 11 is 3.42. The summed E-state index contributed by atoms with van der Waals surface area (Å²) in [6, 6.07) is 18.4. The molecule has 3 aromatic rings. The molecule has 222 valence electrons. The van der Waals surface area contributed by atoms with Gasteiger partial charge in [-0.25, -0.2) is 0 Å². The number of nitrogens with two attached hydrogens (primary N) is 1. The third-order valence-electron chi connectivity index (χ3n) is 8.08. The van der Waals surface area contributed by atoms with E-state index in [1.165, 1.54) is 12.1 Å². The van der Waals surface area contributed by atoms with Gasteiger partial charge < -0.3 is 10.5 Å². The Kier molecular flexibility index (Phi) is 7.95. The normalized spacial score (nSPS) is 18.4. The van der Waals surface area contributed by atoms with Gasteiger partial charge in [-0.05, 0) is 96.5 Å². The first-order valence-electron chi connectivity index (χ1n) is 13.8. The average Bonchev–Trinajstić information content (AvgIpc) is 2.92. The van der Waals surface area contributed by atoms with E-state index in [0.717, 1.165) is 38.9 Å². The van der Waals surface area contributed by atoms with Crippen LogP contribution in [0.3, 0.4) is 0 Å². The monoisotopic (exact) mass is 649 g/mol. The molecule has 0 fully saturated rings. The molecule has 9 heteroatoms. The number of carbonyl (C=O) groups is 1. The number of aryl methyl sites for hydroxylation is 2. The highest BCUT2D eigenvalue weighted by atomic mass is 79.9. The number of Topliss-reactive ketones (excluding diaryl/α,β-unsaturated/α-hetero) is 1. The Morgan fingerprint density at radius 1 is 1.05 bits per heavy atom. The van der Waals surface area contributed by atoms with Gasteiger partial charge in [0.25, 0.3) is 0 Å². The number of nitriles is 1. The second kappa shape index (κ2) is 11.2. The topological polar surface area (TPSA) is 79.4 Å². The van der Waals surface area contributed by atoms with E-state index < -0.39 is 23.1 Å². The molecule has 1 aliphatic heterocycles. The summed E-state index contributed by atoms with van der Waals surface area (Å²) in [6.45, 7) is 8.15. The van der Waals surface area contributed by atoms with Crippen molar-refractivity contribution >= 4 is 27.4 Å². The minimum Gasteiger partial charge on any atom is -0.489 e. The van der Waals surface area contributed by atoms with Crippen LogP contribution in [0.4, 0.5) is 18.9 Å². The van der Waals surface area contributed by atoms with Gasteiger partial charge in [0.1, 0.15) is 18.2 Å². The van der Waals surface area contributed by atoms with E-state index in [0.29, 0.717) is 29.1 Å². The summed E-state index contributed by atoms with van der Waals surface area (Å²) in [5.41, 5.74) is 10.7. The maximum Gasteiger partial charge on any atom is 0.416 e. The van der Waals surface area contributed by atoms with Crippen LogP contribution in [0.15, 0.2) is 87.8 Å². The lowest BCUT2D eigenvalue weighted by molar-refractivity contribution is -0.137. The van der Waals surface area contributed by atoms with Crippen LogP contribution in [0, 0.1) is 30.6 Å². The van der Waals surface area contributed by atoms with Crippen LogP contribution < -0.4 is 15.4 Å². The van der Waals surface area contributed by atoms with Gasteiger partial charge >= 0.3 is 6.18 Å². The van der Waals surface area contributed by atoms with Crippen molar-refractivity contribution in [3.63, 3.8) is 0 Å². The lowest BCUT2D eigenvalue weighted by Gasteiger charge is -2.44. The van der Waals surface area contributed by atoms with Gasteiger partial charge in [-0.2, -0.15) is 18.4 Å². The Labute approximate surface area is 257 Å². The molecular weight excluding hydrogens is 619 g/mol. The molecule has 1 unspecified atom stereocenters. The van der Waals surface area contributed by atoms with Crippen LogP contribution in [-0.2, 0) is 17.6 Å². The fourth-order valence-electron chi connectivity index (χ4n) is 5.99. The zero-order valence-corrected chi connectivity index (χ0v) is 25.9.